The van der Waals surface area contributed by atoms with Crippen molar-refractivity contribution < 1.29 is 33.0 Å². The van der Waals surface area contributed by atoms with Crippen molar-refractivity contribution in [2.24, 2.45) is 0 Å². The summed E-state index contributed by atoms with van der Waals surface area (Å²) in [5.41, 5.74) is -1.38. The lowest BCUT2D eigenvalue weighted by Crippen LogP contribution is -2.70. The van der Waals surface area contributed by atoms with Crippen molar-refractivity contribution in [2.75, 3.05) is 13.2 Å². The zero-order chi connectivity index (χ0) is 24.3. The molecule has 0 heterocycles. The molecule has 3 fully saturated rings. The minimum absolute atomic E-state index is 0.0296. The summed E-state index contributed by atoms with van der Waals surface area (Å²) in [5, 5.41) is 17.3. The van der Waals surface area contributed by atoms with Crippen LogP contribution in [0.3, 0.4) is 0 Å². The number of nitrogens with one attached hydrogen (secondary N) is 2. The maximum Gasteiger partial charge on any atom is 0.258 e. The van der Waals surface area contributed by atoms with Crippen LogP contribution in [0.1, 0.15) is 32.1 Å². The Morgan fingerprint density at radius 3 is 2.12 bits per heavy atom. The summed E-state index contributed by atoms with van der Waals surface area (Å²) in [5.74, 6) is -2.28. The van der Waals surface area contributed by atoms with Gasteiger partial charge in [-0.15, -0.1) is 0 Å². The molecule has 0 saturated heterocycles. The maximum atomic E-state index is 13.3. The van der Waals surface area contributed by atoms with Crippen molar-refractivity contribution in [2.45, 2.75) is 49.3 Å². The molecule has 7 nitrogen and oxygen atoms in total. The number of aliphatic hydroxyl groups excluding tert-OH is 1. The van der Waals surface area contributed by atoms with Gasteiger partial charge in [-0.2, -0.15) is 0 Å². The van der Waals surface area contributed by atoms with E-state index in [1.54, 1.807) is 24.3 Å². The van der Waals surface area contributed by atoms with E-state index in [4.69, 9.17) is 21.1 Å². The first-order valence-corrected chi connectivity index (χ1v) is 11.3. The maximum absolute atomic E-state index is 13.3. The molecule has 3 N–H and O–H groups in total. The van der Waals surface area contributed by atoms with Gasteiger partial charge in [0.05, 0.1) is 11.6 Å². The van der Waals surface area contributed by atoms with Crippen molar-refractivity contribution in [3.05, 3.63) is 59.1 Å². The summed E-state index contributed by atoms with van der Waals surface area (Å²) in [4.78, 5) is 24.9. The Bertz CT molecular complexity index is 1060. The number of carbonyl (C=O) groups excluding carboxylic acids is 2. The molecule has 2 aromatic rings. The van der Waals surface area contributed by atoms with E-state index in [9.17, 15) is 23.5 Å². The number of benzene rings is 2. The number of carbonyl (C=O) groups is 2. The van der Waals surface area contributed by atoms with E-state index in [1.165, 1.54) is 6.07 Å². The molecular formula is C24H25ClF2N2O5. The van der Waals surface area contributed by atoms with Crippen molar-refractivity contribution in [3.63, 3.8) is 0 Å². The van der Waals surface area contributed by atoms with E-state index in [0.717, 1.165) is 12.1 Å². The zero-order valence-corrected chi connectivity index (χ0v) is 19.0. The lowest BCUT2D eigenvalue weighted by Gasteiger charge is -2.56. The van der Waals surface area contributed by atoms with Crippen LogP contribution in [0.15, 0.2) is 42.5 Å². The molecule has 0 aromatic heterocycles. The third-order valence-electron chi connectivity index (χ3n) is 6.56. The summed E-state index contributed by atoms with van der Waals surface area (Å²) < 4.78 is 37.1. The summed E-state index contributed by atoms with van der Waals surface area (Å²) >= 11 is 5.84. The van der Waals surface area contributed by atoms with Gasteiger partial charge in [0.1, 0.15) is 11.5 Å². The standard InChI is InChI=1S/C24H25ClF2N2O5/c25-15-1-3-16(4-2-15)33-13-21(31)28-23-7-9-24(10-8-23,20(30)12-23)29-22(32)14-34-17-5-6-18(26)19(27)11-17/h1-6,11,20,30H,7-10,12-14H2,(H,28,31)(H,29,32)/t20-,23?,24?/m1/s1. The van der Waals surface area contributed by atoms with Crippen LogP contribution in [-0.4, -0.2) is 47.3 Å². The highest BCUT2D eigenvalue weighted by Crippen LogP contribution is 2.47. The predicted molar refractivity (Wildman–Crippen MR) is 120 cm³/mol. The Morgan fingerprint density at radius 1 is 0.912 bits per heavy atom. The minimum Gasteiger partial charge on any atom is -0.484 e. The fraction of sp³-hybridized carbons (Fsp3) is 0.417. The molecule has 0 radical (unpaired) electrons. The largest absolute Gasteiger partial charge is 0.484 e. The van der Waals surface area contributed by atoms with Crippen LogP contribution >= 0.6 is 11.6 Å². The number of amides is 2. The first-order chi connectivity index (χ1) is 16.2. The van der Waals surface area contributed by atoms with Crippen LogP contribution in [0.2, 0.25) is 5.02 Å². The highest BCUT2D eigenvalue weighted by Gasteiger charge is 2.55. The molecule has 1 atom stereocenters. The predicted octanol–water partition coefficient (Wildman–Crippen LogP) is 3.12. The molecule has 2 amide bonds. The summed E-state index contributed by atoms with van der Waals surface area (Å²) in [6.07, 6.45) is 1.55. The minimum atomic E-state index is -1.07. The Hall–Kier alpha value is -2.91. The Labute approximate surface area is 200 Å². The molecule has 0 spiro atoms. The SMILES string of the molecule is O=C(COc1ccc(Cl)cc1)NC12CCC(NC(=O)COc3ccc(F)c(F)c3)(CC1)[C@H](O)C2. The van der Waals surface area contributed by atoms with Gasteiger partial charge >= 0.3 is 0 Å². The molecule has 3 saturated carbocycles. The Morgan fingerprint density at radius 2 is 1.50 bits per heavy atom. The Kier molecular flexibility index (Phi) is 6.95. The van der Waals surface area contributed by atoms with Crippen LogP contribution in [0.5, 0.6) is 11.5 Å². The van der Waals surface area contributed by atoms with Crippen molar-refractivity contribution >= 4 is 23.4 Å². The van der Waals surface area contributed by atoms with Crippen molar-refractivity contribution in [1.29, 1.82) is 0 Å². The van der Waals surface area contributed by atoms with E-state index in [0.29, 0.717) is 42.9 Å². The van der Waals surface area contributed by atoms with E-state index in [2.05, 4.69) is 10.6 Å². The highest BCUT2D eigenvalue weighted by atomic mass is 35.5. The molecule has 5 rings (SSSR count). The van der Waals surface area contributed by atoms with E-state index >= 15 is 0 Å². The second kappa shape index (κ2) is 9.76. The van der Waals surface area contributed by atoms with Crippen LogP contribution in [0.4, 0.5) is 8.78 Å². The van der Waals surface area contributed by atoms with Gasteiger partial charge in [0, 0.05) is 16.6 Å². The van der Waals surface area contributed by atoms with Gasteiger partial charge in [-0.3, -0.25) is 9.59 Å². The van der Waals surface area contributed by atoms with Gasteiger partial charge in [-0.25, -0.2) is 8.78 Å². The summed E-state index contributed by atoms with van der Waals surface area (Å²) in [7, 11) is 0. The molecule has 182 valence electrons. The van der Waals surface area contributed by atoms with E-state index in [1.807, 2.05) is 0 Å². The average molecular weight is 495 g/mol. The first-order valence-electron chi connectivity index (χ1n) is 11.0. The number of halogens is 3. The van der Waals surface area contributed by atoms with Crippen LogP contribution in [-0.2, 0) is 9.59 Å². The molecule has 3 aliphatic rings. The quantitative estimate of drug-likeness (QED) is 0.524. The molecule has 34 heavy (non-hydrogen) atoms. The molecule has 10 heteroatoms. The lowest BCUT2D eigenvalue weighted by molar-refractivity contribution is -0.137. The third kappa shape index (κ3) is 5.42. The van der Waals surface area contributed by atoms with Crippen LogP contribution in [0, 0.1) is 11.6 Å². The molecule has 0 aliphatic heterocycles. The van der Waals surface area contributed by atoms with E-state index < -0.39 is 41.3 Å². The van der Waals surface area contributed by atoms with Crippen LogP contribution in [0.25, 0.3) is 0 Å². The normalized spacial score (nSPS) is 25.5. The van der Waals surface area contributed by atoms with Gasteiger partial charge < -0.3 is 25.2 Å². The fourth-order valence-corrected chi connectivity index (χ4v) is 4.83. The van der Waals surface area contributed by atoms with Gasteiger partial charge in [0.15, 0.2) is 24.8 Å². The molecule has 2 aromatic carbocycles. The molecule has 2 bridgehead atoms. The van der Waals surface area contributed by atoms with E-state index in [-0.39, 0.29) is 18.3 Å². The van der Waals surface area contributed by atoms with Gasteiger partial charge in [0.25, 0.3) is 11.8 Å². The zero-order valence-electron chi connectivity index (χ0n) is 18.3. The van der Waals surface area contributed by atoms with Crippen LogP contribution < -0.4 is 20.1 Å². The first kappa shape index (κ1) is 24.2. The summed E-state index contributed by atoms with van der Waals surface area (Å²) in [6, 6.07) is 9.70. The second-order valence-electron chi connectivity index (χ2n) is 8.86. The molecule has 0 unspecified atom stereocenters. The number of aliphatic hydroxyl groups is 1. The topological polar surface area (TPSA) is 96.9 Å². The van der Waals surface area contributed by atoms with Gasteiger partial charge in [0.2, 0.25) is 0 Å². The Balaban J connectivity index is 1.27. The smallest absolute Gasteiger partial charge is 0.258 e. The number of ether oxygens (including phenoxy) is 2. The van der Waals surface area contributed by atoms with Crippen molar-refractivity contribution in [1.82, 2.24) is 10.6 Å². The van der Waals surface area contributed by atoms with Gasteiger partial charge in [-0.05, 0) is 68.5 Å². The number of hydrogen-bond acceptors (Lipinski definition) is 5. The molecular weight excluding hydrogens is 470 g/mol. The monoisotopic (exact) mass is 494 g/mol. The average Bonchev–Trinajstić information content (AvgIpc) is 2.81. The van der Waals surface area contributed by atoms with Crippen molar-refractivity contribution in [3.8, 4) is 11.5 Å². The number of rotatable bonds is 8. The number of hydrogen-bond donors (Lipinski definition) is 3. The number of fused-ring (bicyclic) bond motifs is 3. The second-order valence-corrected chi connectivity index (χ2v) is 9.30. The summed E-state index contributed by atoms with van der Waals surface area (Å²) in [6.45, 7) is -0.563. The highest BCUT2D eigenvalue weighted by molar-refractivity contribution is 6.30. The lowest BCUT2D eigenvalue weighted by atomic mass is 9.60. The fourth-order valence-electron chi connectivity index (χ4n) is 4.70. The van der Waals surface area contributed by atoms with Gasteiger partial charge in [-0.1, -0.05) is 11.6 Å². The third-order valence-corrected chi connectivity index (χ3v) is 6.81. The molecule has 3 aliphatic carbocycles.